The molecule has 3 fully saturated rings. The summed E-state index contributed by atoms with van der Waals surface area (Å²) in [6.45, 7) is 18.1. The van der Waals surface area contributed by atoms with E-state index in [9.17, 15) is 25.2 Å². The number of aliphatic hydroxyl groups is 4. The molecular weight excluding hydrogens is 840 g/mol. The van der Waals surface area contributed by atoms with Crippen molar-refractivity contribution in [1.82, 2.24) is 4.90 Å². The van der Waals surface area contributed by atoms with Gasteiger partial charge in [0.15, 0.2) is 12.6 Å². The summed E-state index contributed by atoms with van der Waals surface area (Å²) in [5.74, 6) is -4.14. The van der Waals surface area contributed by atoms with Gasteiger partial charge in [-0.1, -0.05) is 32.9 Å². The lowest BCUT2D eigenvalue weighted by molar-refractivity contribution is -0.325. The number of ether oxygens (including phenoxy) is 11. The molecule has 3 rings (SSSR count). The average Bonchev–Trinajstić information content (AvgIpc) is 3.23. The number of esters is 1. The molecule has 0 aliphatic carbocycles. The Labute approximate surface area is 381 Å². The van der Waals surface area contributed by atoms with Gasteiger partial charge in [-0.2, -0.15) is 0 Å². The largest absolute Gasteiger partial charge is 0.459 e. The lowest BCUT2D eigenvalue weighted by Crippen LogP contribution is -2.61. The molecule has 3 heterocycles. The van der Waals surface area contributed by atoms with Gasteiger partial charge in [0.2, 0.25) is 6.79 Å². The standard InChI is InChI=1S/C45H84N2O17/c1-16-33-45(10,52)38(48)28(4)35(46-59-25-57-20-18-54-14)26(2)22-43(8,51)40(64-42-37(58-24-56-19-17-53-13)32(47(11)12)21-27(3)60-42)29(5)36(30(6)41(50)62-33)63-34-23-44(9,55-15)39(49)31(7)61-34/h26-34,36-40,42,48-49,51-52H,16-25H2,1-15H3/b46-35+. The fraction of sp³-hybridized carbons (Fsp3) is 0.956. The van der Waals surface area contributed by atoms with Crippen molar-refractivity contribution in [1.29, 1.82) is 0 Å². The first-order valence-corrected chi connectivity index (χ1v) is 22.8. The van der Waals surface area contributed by atoms with Crippen molar-refractivity contribution in [2.45, 2.75) is 179 Å². The number of carbonyl (C=O) groups excluding carboxylic acids is 1. The van der Waals surface area contributed by atoms with Gasteiger partial charge in [-0.3, -0.25) is 4.79 Å². The van der Waals surface area contributed by atoms with E-state index < -0.39 is 102 Å². The van der Waals surface area contributed by atoms with Gasteiger partial charge in [0, 0.05) is 51.5 Å². The van der Waals surface area contributed by atoms with E-state index in [1.165, 1.54) is 14.0 Å². The first-order valence-electron chi connectivity index (χ1n) is 22.8. The van der Waals surface area contributed by atoms with Crippen LogP contribution in [0.25, 0.3) is 0 Å². The number of nitrogens with zero attached hydrogens (tertiary/aromatic N) is 2. The van der Waals surface area contributed by atoms with Crippen LogP contribution in [0.15, 0.2) is 5.16 Å². The number of oxime groups is 1. The van der Waals surface area contributed by atoms with E-state index in [1.807, 2.05) is 39.8 Å². The summed E-state index contributed by atoms with van der Waals surface area (Å²) in [6.07, 6.45) is -8.87. The molecular formula is C45H84N2O17. The van der Waals surface area contributed by atoms with Crippen LogP contribution in [-0.4, -0.2) is 197 Å². The van der Waals surface area contributed by atoms with E-state index in [0.717, 1.165) is 0 Å². The summed E-state index contributed by atoms with van der Waals surface area (Å²) in [6, 6.07) is -0.197. The second-order valence-electron chi connectivity index (χ2n) is 18.9. The number of likely N-dealkylation sites (N-methyl/N-ethyl adjacent to an activating group) is 1. The first kappa shape index (κ1) is 56.7. The van der Waals surface area contributed by atoms with Gasteiger partial charge in [0.1, 0.15) is 30.7 Å². The molecule has 18 atom stereocenters. The minimum Gasteiger partial charge on any atom is -0.459 e. The molecule has 0 amide bonds. The minimum absolute atomic E-state index is 0.0212. The molecule has 0 bridgehead atoms. The van der Waals surface area contributed by atoms with Crippen LogP contribution in [0.2, 0.25) is 0 Å². The molecule has 0 saturated carbocycles. The number of carbonyl (C=O) groups is 1. The molecule has 18 unspecified atom stereocenters. The molecule has 3 aliphatic rings. The number of hydrogen-bond acceptors (Lipinski definition) is 19. The Balaban J connectivity index is 2.26. The van der Waals surface area contributed by atoms with Crippen LogP contribution in [-0.2, 0) is 61.7 Å². The highest BCUT2D eigenvalue weighted by Crippen LogP contribution is 2.41. The van der Waals surface area contributed by atoms with E-state index in [0.29, 0.717) is 32.0 Å². The predicted octanol–water partition coefficient (Wildman–Crippen LogP) is 2.85. The first-order chi connectivity index (χ1) is 30.0. The van der Waals surface area contributed by atoms with Gasteiger partial charge in [-0.05, 0) is 74.9 Å². The molecule has 3 aliphatic heterocycles. The molecule has 19 nitrogen and oxygen atoms in total. The molecule has 19 heteroatoms. The third-order valence-electron chi connectivity index (χ3n) is 13.3. The summed E-state index contributed by atoms with van der Waals surface area (Å²) in [4.78, 5) is 22.2. The molecule has 64 heavy (non-hydrogen) atoms. The molecule has 4 N–H and O–H groups in total. The van der Waals surface area contributed by atoms with Crippen LogP contribution in [0.5, 0.6) is 0 Å². The van der Waals surface area contributed by atoms with Crippen LogP contribution in [0.1, 0.15) is 94.9 Å². The van der Waals surface area contributed by atoms with Crippen molar-refractivity contribution in [3.8, 4) is 0 Å². The molecule has 3 saturated heterocycles. The highest BCUT2D eigenvalue weighted by Gasteiger charge is 2.53. The second kappa shape index (κ2) is 25.6. The van der Waals surface area contributed by atoms with Gasteiger partial charge in [-0.15, -0.1) is 0 Å². The summed E-state index contributed by atoms with van der Waals surface area (Å²) in [5, 5.41) is 52.6. The quantitative estimate of drug-likeness (QED) is 0.0633. The Bertz CT molecular complexity index is 1410. The van der Waals surface area contributed by atoms with E-state index in [1.54, 1.807) is 55.8 Å². The highest BCUT2D eigenvalue weighted by atomic mass is 16.7. The van der Waals surface area contributed by atoms with Gasteiger partial charge in [0.25, 0.3) is 0 Å². The third-order valence-corrected chi connectivity index (χ3v) is 13.3. The maximum absolute atomic E-state index is 14.5. The fourth-order valence-corrected chi connectivity index (χ4v) is 9.43. The van der Waals surface area contributed by atoms with Crippen molar-refractivity contribution in [3.63, 3.8) is 0 Å². The van der Waals surface area contributed by atoms with E-state index in [-0.39, 0.29) is 51.6 Å². The summed E-state index contributed by atoms with van der Waals surface area (Å²) in [7, 11) is 8.52. The SMILES string of the molecule is CCC1OC(=O)C(C)C(OC2CC(C)(OC)C(O)C(C)O2)C(C)C(OC2OC(C)CC(N(C)C)C2OCOCCOC)C(C)(O)CC(C)/C(=N\OCOCCOC)C(C)C(O)C1(C)O. The van der Waals surface area contributed by atoms with Crippen molar-refractivity contribution < 1.29 is 82.2 Å². The Kier molecular flexibility index (Phi) is 22.7. The lowest BCUT2D eigenvalue weighted by Gasteiger charge is -2.49. The van der Waals surface area contributed by atoms with Gasteiger partial charge in [0.05, 0.1) is 79.8 Å². The van der Waals surface area contributed by atoms with Crippen LogP contribution in [0.4, 0.5) is 0 Å². The number of rotatable bonds is 19. The van der Waals surface area contributed by atoms with E-state index in [4.69, 9.17) is 56.9 Å². The summed E-state index contributed by atoms with van der Waals surface area (Å²) >= 11 is 0. The number of aliphatic hydroxyl groups excluding tert-OH is 2. The highest BCUT2D eigenvalue weighted by molar-refractivity contribution is 5.88. The molecule has 0 aromatic heterocycles. The maximum Gasteiger partial charge on any atom is 0.311 e. The zero-order chi connectivity index (χ0) is 48.2. The fourth-order valence-electron chi connectivity index (χ4n) is 9.43. The minimum atomic E-state index is -1.97. The number of cyclic esters (lactones) is 1. The molecule has 0 aromatic rings. The lowest BCUT2D eigenvalue weighted by atomic mass is 9.73. The molecule has 0 aromatic carbocycles. The normalized spacial score (nSPS) is 42.7. The van der Waals surface area contributed by atoms with E-state index >= 15 is 0 Å². The second-order valence-corrected chi connectivity index (χ2v) is 18.9. The topological polar surface area (TPSA) is 224 Å². The smallest absolute Gasteiger partial charge is 0.311 e. The van der Waals surface area contributed by atoms with Gasteiger partial charge < -0.3 is 82.3 Å². The Morgan fingerprint density at radius 1 is 0.812 bits per heavy atom. The maximum atomic E-state index is 14.5. The third kappa shape index (κ3) is 14.7. The van der Waals surface area contributed by atoms with Gasteiger partial charge in [-0.25, -0.2) is 0 Å². The summed E-state index contributed by atoms with van der Waals surface area (Å²) in [5.41, 5.74) is -4.50. The van der Waals surface area contributed by atoms with Crippen molar-refractivity contribution in [3.05, 3.63) is 0 Å². The Morgan fingerprint density at radius 3 is 2.02 bits per heavy atom. The van der Waals surface area contributed by atoms with Crippen LogP contribution >= 0.6 is 0 Å². The molecule has 0 radical (unpaired) electrons. The molecule has 0 spiro atoms. The van der Waals surface area contributed by atoms with Crippen molar-refractivity contribution in [2.24, 2.45) is 28.8 Å². The van der Waals surface area contributed by atoms with E-state index in [2.05, 4.69) is 5.16 Å². The zero-order valence-corrected chi connectivity index (χ0v) is 41.2. The van der Waals surface area contributed by atoms with Crippen molar-refractivity contribution >= 4 is 11.7 Å². The van der Waals surface area contributed by atoms with Gasteiger partial charge >= 0.3 is 5.97 Å². The monoisotopic (exact) mass is 925 g/mol. The zero-order valence-electron chi connectivity index (χ0n) is 41.2. The van der Waals surface area contributed by atoms with Crippen molar-refractivity contribution in [2.75, 3.05) is 75.4 Å². The van der Waals surface area contributed by atoms with Crippen LogP contribution < -0.4 is 0 Å². The Hall–Kier alpha value is -1.66. The predicted molar refractivity (Wildman–Crippen MR) is 234 cm³/mol. The van der Waals surface area contributed by atoms with Crippen LogP contribution in [0.3, 0.4) is 0 Å². The number of methoxy groups -OCH3 is 3. The number of hydrogen-bond donors (Lipinski definition) is 4. The molecule has 376 valence electrons. The summed E-state index contributed by atoms with van der Waals surface area (Å²) < 4.78 is 66.4. The average molecular weight is 925 g/mol. The Morgan fingerprint density at radius 2 is 1.44 bits per heavy atom. The van der Waals surface area contributed by atoms with Crippen LogP contribution in [0, 0.1) is 23.7 Å².